The van der Waals surface area contributed by atoms with Gasteiger partial charge >= 0.3 is 0 Å². The second-order valence-electron chi connectivity index (χ2n) is 5.71. The third-order valence-electron chi connectivity index (χ3n) is 3.02. The highest BCUT2D eigenvalue weighted by Gasteiger charge is 2.40. The van der Waals surface area contributed by atoms with Crippen molar-refractivity contribution >= 4 is 10.0 Å². The molecule has 1 saturated heterocycles. The van der Waals surface area contributed by atoms with Crippen molar-refractivity contribution in [2.45, 2.75) is 52.2 Å². The van der Waals surface area contributed by atoms with E-state index in [0.29, 0.717) is 12.8 Å². The molecule has 1 rings (SSSR count). The van der Waals surface area contributed by atoms with Gasteiger partial charge in [0.1, 0.15) is 0 Å². The molecule has 5 heteroatoms. The SMILES string of the molecule is CC(C)CS(=O)(=O)N1CC(O)CCC1(C)C. The fourth-order valence-electron chi connectivity index (χ4n) is 2.18. The molecule has 1 fully saturated rings. The van der Waals surface area contributed by atoms with Crippen LogP contribution in [0.2, 0.25) is 0 Å². The third kappa shape index (κ3) is 3.18. The molecule has 0 aromatic rings. The van der Waals surface area contributed by atoms with E-state index in [4.69, 9.17) is 0 Å². The highest BCUT2D eigenvalue weighted by Crippen LogP contribution is 2.30. The summed E-state index contributed by atoms with van der Waals surface area (Å²) in [5, 5.41) is 9.60. The largest absolute Gasteiger partial charge is 0.392 e. The molecule has 0 bridgehead atoms. The van der Waals surface area contributed by atoms with E-state index >= 15 is 0 Å². The summed E-state index contributed by atoms with van der Waals surface area (Å²) in [7, 11) is -3.25. The molecule has 0 saturated carbocycles. The molecule has 0 aromatic heterocycles. The molecule has 0 aliphatic carbocycles. The minimum Gasteiger partial charge on any atom is -0.392 e. The maximum atomic E-state index is 12.2. The van der Waals surface area contributed by atoms with Crippen LogP contribution in [0.5, 0.6) is 0 Å². The molecule has 96 valence electrons. The molecule has 0 aromatic carbocycles. The Labute approximate surface area is 98.7 Å². The molecule has 0 amide bonds. The Balaban J connectivity index is 2.91. The molecule has 1 aliphatic heterocycles. The van der Waals surface area contributed by atoms with Gasteiger partial charge in [-0.25, -0.2) is 8.42 Å². The zero-order valence-electron chi connectivity index (χ0n) is 10.6. The van der Waals surface area contributed by atoms with E-state index in [9.17, 15) is 13.5 Å². The van der Waals surface area contributed by atoms with Crippen LogP contribution in [0.3, 0.4) is 0 Å². The lowest BCUT2D eigenvalue weighted by atomic mass is 9.92. The number of β-amino-alcohol motifs (C(OH)–C–C–N with tert-alkyl or cyclic N) is 1. The molecule has 1 atom stereocenters. The lowest BCUT2D eigenvalue weighted by molar-refractivity contribution is 0.0479. The van der Waals surface area contributed by atoms with Crippen LogP contribution in [0.4, 0.5) is 0 Å². The van der Waals surface area contributed by atoms with Crippen molar-refractivity contribution in [3.05, 3.63) is 0 Å². The summed E-state index contributed by atoms with van der Waals surface area (Å²) in [5.74, 6) is 0.267. The summed E-state index contributed by atoms with van der Waals surface area (Å²) >= 11 is 0. The molecular weight excluding hydrogens is 226 g/mol. The van der Waals surface area contributed by atoms with Crippen LogP contribution in [-0.2, 0) is 10.0 Å². The summed E-state index contributed by atoms with van der Waals surface area (Å²) < 4.78 is 25.8. The Morgan fingerprint density at radius 1 is 1.44 bits per heavy atom. The molecule has 0 radical (unpaired) electrons. The first-order valence-corrected chi connectivity index (χ1v) is 7.44. The molecule has 0 spiro atoms. The number of nitrogens with zero attached hydrogens (tertiary/aromatic N) is 1. The van der Waals surface area contributed by atoms with E-state index in [1.807, 2.05) is 27.7 Å². The van der Waals surface area contributed by atoms with E-state index in [1.54, 1.807) is 0 Å². The van der Waals surface area contributed by atoms with Crippen LogP contribution in [0, 0.1) is 5.92 Å². The lowest BCUT2D eigenvalue weighted by Gasteiger charge is -2.43. The van der Waals surface area contributed by atoms with Crippen molar-refractivity contribution in [3.8, 4) is 0 Å². The predicted molar refractivity (Wildman–Crippen MR) is 64.7 cm³/mol. The van der Waals surface area contributed by atoms with Crippen LogP contribution >= 0.6 is 0 Å². The van der Waals surface area contributed by atoms with Crippen LogP contribution in [0.25, 0.3) is 0 Å². The minimum atomic E-state index is -3.25. The summed E-state index contributed by atoms with van der Waals surface area (Å²) in [6.45, 7) is 7.88. The van der Waals surface area contributed by atoms with Crippen molar-refractivity contribution < 1.29 is 13.5 Å². The third-order valence-corrected chi connectivity index (χ3v) is 5.42. The average molecular weight is 249 g/mol. The second-order valence-corrected chi connectivity index (χ2v) is 7.65. The van der Waals surface area contributed by atoms with E-state index in [2.05, 4.69) is 0 Å². The Bertz CT molecular complexity index is 335. The number of aliphatic hydroxyl groups excluding tert-OH is 1. The quantitative estimate of drug-likeness (QED) is 0.818. The molecule has 1 aliphatic rings. The minimum absolute atomic E-state index is 0.111. The Hall–Kier alpha value is -0.130. The zero-order valence-corrected chi connectivity index (χ0v) is 11.4. The van der Waals surface area contributed by atoms with Gasteiger partial charge in [-0.2, -0.15) is 4.31 Å². The van der Waals surface area contributed by atoms with Gasteiger partial charge in [-0.05, 0) is 32.6 Å². The standard InChI is InChI=1S/C11H23NO3S/c1-9(2)8-16(14,15)12-7-10(13)5-6-11(12,3)4/h9-10,13H,5-8H2,1-4H3. The zero-order chi connectivity index (χ0) is 12.6. The summed E-state index contributed by atoms with van der Waals surface area (Å²) in [4.78, 5) is 0. The van der Waals surface area contributed by atoms with E-state index < -0.39 is 16.1 Å². The lowest BCUT2D eigenvalue weighted by Crippen LogP contribution is -2.55. The van der Waals surface area contributed by atoms with Crippen molar-refractivity contribution in [2.75, 3.05) is 12.3 Å². The van der Waals surface area contributed by atoms with Crippen molar-refractivity contribution in [3.63, 3.8) is 0 Å². The summed E-state index contributed by atoms with van der Waals surface area (Å²) in [6.07, 6.45) is 0.876. The second kappa shape index (κ2) is 4.63. The fraction of sp³-hybridized carbons (Fsp3) is 1.00. The first-order valence-electron chi connectivity index (χ1n) is 5.84. The number of aliphatic hydroxyl groups is 1. The van der Waals surface area contributed by atoms with Gasteiger partial charge in [-0.3, -0.25) is 0 Å². The Morgan fingerprint density at radius 3 is 2.50 bits per heavy atom. The van der Waals surface area contributed by atoms with Crippen LogP contribution in [-0.4, -0.2) is 41.8 Å². The molecule has 1 heterocycles. The van der Waals surface area contributed by atoms with Crippen molar-refractivity contribution in [1.82, 2.24) is 4.31 Å². The van der Waals surface area contributed by atoms with Gasteiger partial charge in [0.15, 0.2) is 0 Å². The first-order chi connectivity index (χ1) is 7.15. The topological polar surface area (TPSA) is 57.6 Å². The van der Waals surface area contributed by atoms with Gasteiger partial charge in [-0.15, -0.1) is 0 Å². The number of piperidine rings is 1. The average Bonchev–Trinajstić information content (AvgIpc) is 2.07. The van der Waals surface area contributed by atoms with Crippen molar-refractivity contribution in [1.29, 1.82) is 0 Å². The van der Waals surface area contributed by atoms with Crippen LogP contribution in [0.1, 0.15) is 40.5 Å². The van der Waals surface area contributed by atoms with E-state index in [0.717, 1.165) is 0 Å². The van der Waals surface area contributed by atoms with Gasteiger partial charge in [-0.1, -0.05) is 13.8 Å². The molecular formula is C11H23NO3S. The van der Waals surface area contributed by atoms with E-state index in [1.165, 1.54) is 4.31 Å². The van der Waals surface area contributed by atoms with Gasteiger partial charge in [0.2, 0.25) is 10.0 Å². The molecule has 1 N–H and O–H groups in total. The summed E-state index contributed by atoms with van der Waals surface area (Å²) in [5.41, 5.74) is -0.368. The van der Waals surface area contributed by atoms with Gasteiger partial charge in [0.25, 0.3) is 0 Å². The van der Waals surface area contributed by atoms with Gasteiger partial charge < -0.3 is 5.11 Å². The molecule has 1 unspecified atom stereocenters. The number of hydrogen-bond acceptors (Lipinski definition) is 3. The smallest absolute Gasteiger partial charge is 0.214 e. The number of sulfonamides is 1. The van der Waals surface area contributed by atoms with Crippen LogP contribution in [0.15, 0.2) is 0 Å². The summed E-state index contributed by atoms with van der Waals surface area (Å²) in [6, 6.07) is 0. The monoisotopic (exact) mass is 249 g/mol. The predicted octanol–water partition coefficient (Wildman–Crippen LogP) is 1.21. The first kappa shape index (κ1) is 13.9. The van der Waals surface area contributed by atoms with Gasteiger partial charge in [0.05, 0.1) is 11.9 Å². The number of rotatable bonds is 3. The van der Waals surface area contributed by atoms with Crippen LogP contribution < -0.4 is 0 Å². The normalized spacial score (nSPS) is 27.2. The van der Waals surface area contributed by atoms with E-state index in [-0.39, 0.29) is 23.8 Å². The molecule has 16 heavy (non-hydrogen) atoms. The Kier molecular flexibility index (Phi) is 4.03. The fourth-order valence-corrected chi connectivity index (χ4v) is 4.44. The van der Waals surface area contributed by atoms with Crippen molar-refractivity contribution in [2.24, 2.45) is 5.92 Å². The maximum Gasteiger partial charge on any atom is 0.214 e. The highest BCUT2D eigenvalue weighted by molar-refractivity contribution is 7.89. The molecule has 4 nitrogen and oxygen atoms in total. The van der Waals surface area contributed by atoms with Gasteiger partial charge in [0, 0.05) is 12.1 Å². The number of hydrogen-bond donors (Lipinski definition) is 1. The Morgan fingerprint density at radius 2 is 2.00 bits per heavy atom. The highest BCUT2D eigenvalue weighted by atomic mass is 32.2. The maximum absolute atomic E-state index is 12.2.